The average Bonchev–Trinajstić information content (AvgIpc) is 3.15. The zero-order valence-corrected chi connectivity index (χ0v) is 17.4. The van der Waals surface area contributed by atoms with Gasteiger partial charge >= 0.3 is 5.97 Å². The molecule has 0 bridgehead atoms. The molecule has 3 nitrogen and oxygen atoms in total. The molecule has 0 fully saturated rings. The van der Waals surface area contributed by atoms with Crippen LogP contribution < -0.4 is 0 Å². The number of hydrogen-bond donors (Lipinski definition) is 1. The van der Waals surface area contributed by atoms with Gasteiger partial charge in [0.05, 0.1) is 5.56 Å². The van der Waals surface area contributed by atoms with E-state index in [-0.39, 0.29) is 0 Å². The van der Waals surface area contributed by atoms with E-state index in [0.717, 1.165) is 67.8 Å². The summed E-state index contributed by atoms with van der Waals surface area (Å²) in [6, 6.07) is 11.9. The van der Waals surface area contributed by atoms with Gasteiger partial charge in [0.2, 0.25) is 0 Å². The molecule has 0 radical (unpaired) electrons. The summed E-state index contributed by atoms with van der Waals surface area (Å²) in [5.74, 6) is -0.894. The Labute approximate surface area is 169 Å². The van der Waals surface area contributed by atoms with Crippen LogP contribution in [0.2, 0.25) is 0 Å². The lowest BCUT2D eigenvalue weighted by Gasteiger charge is -2.12. The Bertz CT molecular complexity index is 1060. The summed E-state index contributed by atoms with van der Waals surface area (Å²) >= 11 is 1.70. The van der Waals surface area contributed by atoms with Gasteiger partial charge in [0.25, 0.3) is 0 Å². The summed E-state index contributed by atoms with van der Waals surface area (Å²) in [5, 5.41) is 9.34. The largest absolute Gasteiger partial charge is 0.478 e. The Kier molecular flexibility index (Phi) is 5.80. The zero-order valence-electron chi connectivity index (χ0n) is 16.6. The standard InChI is InChI=1S/C24H24O3S/c1-5-16-11-18(9-14(3)20(16)13-25)21-7-8-22(28-21)23-15(4)10-19(24(26)27)12-17(23)6-2/h7-13H,5-6H2,1-4H3,(H,26,27). The number of carboxylic acid groups (broad SMARTS) is 1. The fourth-order valence-electron chi connectivity index (χ4n) is 3.72. The molecule has 0 spiro atoms. The first-order valence-electron chi connectivity index (χ1n) is 9.45. The average molecular weight is 393 g/mol. The maximum atomic E-state index is 11.4. The Hall–Kier alpha value is -2.72. The van der Waals surface area contributed by atoms with Crippen LogP contribution >= 0.6 is 11.3 Å². The first-order valence-corrected chi connectivity index (χ1v) is 10.3. The maximum absolute atomic E-state index is 11.4. The minimum absolute atomic E-state index is 0.336. The van der Waals surface area contributed by atoms with Gasteiger partial charge < -0.3 is 5.11 Å². The third-order valence-electron chi connectivity index (χ3n) is 5.15. The number of hydrogen-bond acceptors (Lipinski definition) is 3. The highest BCUT2D eigenvalue weighted by atomic mass is 32.1. The van der Waals surface area contributed by atoms with Crippen LogP contribution in [-0.4, -0.2) is 17.4 Å². The fourth-order valence-corrected chi connectivity index (χ4v) is 4.86. The maximum Gasteiger partial charge on any atom is 0.335 e. The Balaban J connectivity index is 2.10. The predicted molar refractivity (Wildman–Crippen MR) is 116 cm³/mol. The van der Waals surface area contributed by atoms with E-state index in [1.807, 2.05) is 20.8 Å². The van der Waals surface area contributed by atoms with Crippen molar-refractivity contribution in [2.75, 3.05) is 0 Å². The Morgan fingerprint density at radius 2 is 1.64 bits per heavy atom. The lowest BCUT2D eigenvalue weighted by Crippen LogP contribution is -2.00. The van der Waals surface area contributed by atoms with Crippen molar-refractivity contribution in [2.45, 2.75) is 40.5 Å². The van der Waals surface area contributed by atoms with E-state index in [1.54, 1.807) is 23.5 Å². The van der Waals surface area contributed by atoms with E-state index in [2.05, 4.69) is 31.2 Å². The third kappa shape index (κ3) is 3.65. The van der Waals surface area contributed by atoms with Crippen molar-refractivity contribution in [1.82, 2.24) is 0 Å². The fraction of sp³-hybridized carbons (Fsp3) is 0.250. The third-order valence-corrected chi connectivity index (χ3v) is 6.31. The summed E-state index contributed by atoms with van der Waals surface area (Å²) in [6.45, 7) is 8.06. The lowest BCUT2D eigenvalue weighted by molar-refractivity contribution is 0.0696. The second-order valence-electron chi connectivity index (χ2n) is 6.99. The summed E-state index contributed by atoms with van der Waals surface area (Å²) < 4.78 is 0. The van der Waals surface area contributed by atoms with Gasteiger partial charge in [-0.15, -0.1) is 11.3 Å². The number of thiophene rings is 1. The molecular formula is C24H24O3S. The first kappa shape index (κ1) is 20.0. The van der Waals surface area contributed by atoms with E-state index >= 15 is 0 Å². The van der Waals surface area contributed by atoms with E-state index in [0.29, 0.717) is 5.56 Å². The minimum atomic E-state index is -0.894. The van der Waals surface area contributed by atoms with Gasteiger partial charge in [0, 0.05) is 15.3 Å². The van der Waals surface area contributed by atoms with Gasteiger partial charge in [-0.25, -0.2) is 4.79 Å². The van der Waals surface area contributed by atoms with Crippen molar-refractivity contribution in [3.63, 3.8) is 0 Å². The van der Waals surface area contributed by atoms with Crippen LogP contribution in [0.3, 0.4) is 0 Å². The number of aldehydes is 1. The molecule has 0 atom stereocenters. The molecule has 1 aromatic heterocycles. The van der Waals surface area contributed by atoms with Crippen molar-refractivity contribution in [3.8, 4) is 20.9 Å². The van der Waals surface area contributed by atoms with Crippen molar-refractivity contribution >= 4 is 23.6 Å². The molecular weight excluding hydrogens is 368 g/mol. The van der Waals surface area contributed by atoms with Crippen molar-refractivity contribution < 1.29 is 14.7 Å². The van der Waals surface area contributed by atoms with Crippen molar-refractivity contribution in [3.05, 3.63) is 69.8 Å². The van der Waals surface area contributed by atoms with Gasteiger partial charge in [-0.3, -0.25) is 4.79 Å². The van der Waals surface area contributed by atoms with Gasteiger partial charge in [0.15, 0.2) is 6.29 Å². The van der Waals surface area contributed by atoms with Crippen LogP contribution in [0, 0.1) is 13.8 Å². The topological polar surface area (TPSA) is 54.4 Å². The van der Waals surface area contributed by atoms with Crippen LogP contribution in [0.25, 0.3) is 20.9 Å². The van der Waals surface area contributed by atoms with Crippen LogP contribution in [-0.2, 0) is 12.8 Å². The summed E-state index contributed by atoms with van der Waals surface area (Å²) in [5.41, 5.74) is 7.46. The van der Waals surface area contributed by atoms with Gasteiger partial charge in [-0.2, -0.15) is 0 Å². The quantitative estimate of drug-likeness (QED) is 0.498. The molecule has 0 saturated heterocycles. The molecule has 0 unspecified atom stereocenters. The van der Waals surface area contributed by atoms with E-state index in [9.17, 15) is 14.7 Å². The van der Waals surface area contributed by atoms with E-state index in [1.165, 1.54) is 0 Å². The van der Waals surface area contributed by atoms with Gasteiger partial charge in [-0.05, 0) is 96.5 Å². The SMILES string of the molecule is CCc1cc(-c2ccc(-c3c(C)cc(C(=O)O)cc3CC)s2)cc(C)c1C=O. The van der Waals surface area contributed by atoms with Gasteiger partial charge in [-0.1, -0.05) is 13.8 Å². The van der Waals surface area contributed by atoms with E-state index in [4.69, 9.17) is 0 Å². The Morgan fingerprint density at radius 1 is 0.964 bits per heavy atom. The highest BCUT2D eigenvalue weighted by Gasteiger charge is 2.16. The number of aryl methyl sites for hydroxylation is 4. The lowest BCUT2D eigenvalue weighted by atomic mass is 9.95. The van der Waals surface area contributed by atoms with Crippen LogP contribution in [0.15, 0.2) is 36.4 Å². The molecule has 2 aromatic carbocycles. The van der Waals surface area contributed by atoms with Crippen LogP contribution in [0.1, 0.15) is 56.8 Å². The molecule has 1 N–H and O–H groups in total. The molecule has 1 heterocycles. The predicted octanol–water partition coefficient (Wildman–Crippen LogP) is 6.33. The number of rotatable bonds is 6. The minimum Gasteiger partial charge on any atom is -0.478 e. The molecule has 0 aliphatic heterocycles. The molecule has 3 rings (SSSR count). The summed E-state index contributed by atoms with van der Waals surface area (Å²) in [6.07, 6.45) is 2.53. The molecule has 3 aromatic rings. The number of carbonyl (C=O) groups excluding carboxylic acids is 1. The second kappa shape index (κ2) is 8.11. The highest BCUT2D eigenvalue weighted by molar-refractivity contribution is 7.18. The monoisotopic (exact) mass is 392 g/mol. The van der Waals surface area contributed by atoms with Gasteiger partial charge in [0.1, 0.15) is 0 Å². The molecule has 0 amide bonds. The molecule has 4 heteroatoms. The molecule has 0 aliphatic rings. The first-order chi connectivity index (χ1) is 13.4. The highest BCUT2D eigenvalue weighted by Crippen LogP contribution is 2.39. The van der Waals surface area contributed by atoms with Crippen LogP contribution in [0.5, 0.6) is 0 Å². The summed E-state index contributed by atoms with van der Waals surface area (Å²) in [7, 11) is 0. The number of carbonyl (C=O) groups is 2. The van der Waals surface area contributed by atoms with E-state index < -0.39 is 5.97 Å². The smallest absolute Gasteiger partial charge is 0.335 e. The molecule has 144 valence electrons. The normalized spacial score (nSPS) is 10.9. The molecule has 28 heavy (non-hydrogen) atoms. The number of carboxylic acids is 1. The zero-order chi connectivity index (χ0) is 20.4. The number of aromatic carboxylic acids is 1. The van der Waals surface area contributed by atoms with Crippen molar-refractivity contribution in [2.24, 2.45) is 0 Å². The second-order valence-corrected chi connectivity index (χ2v) is 8.07. The molecule has 0 saturated carbocycles. The Morgan fingerprint density at radius 3 is 2.25 bits per heavy atom. The summed E-state index contributed by atoms with van der Waals surface area (Å²) in [4.78, 5) is 25.1. The molecule has 0 aliphatic carbocycles. The number of benzene rings is 2. The van der Waals surface area contributed by atoms with Crippen molar-refractivity contribution in [1.29, 1.82) is 0 Å². The van der Waals surface area contributed by atoms with Crippen LogP contribution in [0.4, 0.5) is 0 Å².